The van der Waals surface area contributed by atoms with Gasteiger partial charge in [-0.25, -0.2) is 4.39 Å². The van der Waals surface area contributed by atoms with Crippen LogP contribution in [-0.2, 0) is 10.5 Å². The Morgan fingerprint density at radius 2 is 2.11 bits per heavy atom. The molecule has 2 heterocycles. The van der Waals surface area contributed by atoms with Crippen molar-refractivity contribution in [1.29, 1.82) is 0 Å². The number of aromatic nitrogens is 4. The quantitative estimate of drug-likeness (QED) is 0.435. The van der Waals surface area contributed by atoms with Crippen LogP contribution in [-0.4, -0.2) is 32.3 Å². The first kappa shape index (κ1) is 18.1. The molecule has 2 aromatic heterocycles. The van der Waals surface area contributed by atoms with Gasteiger partial charge in [0.1, 0.15) is 5.82 Å². The number of carbonyl (C=O) groups is 1. The van der Waals surface area contributed by atoms with Crippen LogP contribution in [0.1, 0.15) is 32.1 Å². The van der Waals surface area contributed by atoms with Crippen LogP contribution in [0.4, 0.5) is 9.52 Å². The lowest BCUT2D eigenvalue weighted by molar-refractivity contribution is -0.118. The molecular formula is C17H16FN5O2S2. The molecule has 0 aliphatic heterocycles. The van der Waals surface area contributed by atoms with Gasteiger partial charge in [0.15, 0.2) is 4.34 Å². The van der Waals surface area contributed by atoms with Gasteiger partial charge < -0.3 is 4.52 Å². The van der Waals surface area contributed by atoms with Gasteiger partial charge in [-0.1, -0.05) is 35.2 Å². The molecule has 27 heavy (non-hydrogen) atoms. The highest BCUT2D eigenvalue weighted by Crippen LogP contribution is 2.36. The Labute approximate surface area is 163 Å². The molecule has 7 nitrogen and oxygen atoms in total. The van der Waals surface area contributed by atoms with E-state index >= 15 is 0 Å². The van der Waals surface area contributed by atoms with Crippen molar-refractivity contribution in [3.8, 4) is 11.4 Å². The first-order valence-electron chi connectivity index (χ1n) is 8.51. The fraction of sp³-hybridized carbons (Fsp3) is 0.353. The molecule has 0 saturated heterocycles. The molecule has 140 valence electrons. The predicted molar refractivity (Wildman–Crippen MR) is 100.0 cm³/mol. The first-order valence-corrected chi connectivity index (χ1v) is 10.3. The van der Waals surface area contributed by atoms with Gasteiger partial charge in [0, 0.05) is 18.0 Å². The molecule has 3 aromatic rings. The highest BCUT2D eigenvalue weighted by atomic mass is 32.2. The number of rotatable bonds is 7. The van der Waals surface area contributed by atoms with E-state index in [1.165, 1.54) is 35.2 Å². The summed E-state index contributed by atoms with van der Waals surface area (Å²) < 4.78 is 19.0. The van der Waals surface area contributed by atoms with Crippen LogP contribution >= 0.6 is 23.1 Å². The second-order valence-electron chi connectivity index (χ2n) is 6.01. The molecular weight excluding hydrogens is 389 g/mol. The van der Waals surface area contributed by atoms with E-state index in [9.17, 15) is 9.18 Å². The molecule has 1 fully saturated rings. The summed E-state index contributed by atoms with van der Waals surface area (Å²) in [6, 6.07) is 6.17. The predicted octanol–water partition coefficient (Wildman–Crippen LogP) is 3.92. The largest absolute Gasteiger partial charge is 0.338 e. The summed E-state index contributed by atoms with van der Waals surface area (Å²) in [7, 11) is 0. The summed E-state index contributed by atoms with van der Waals surface area (Å²) in [5.74, 6) is 1.06. The van der Waals surface area contributed by atoms with Crippen molar-refractivity contribution in [2.45, 2.75) is 42.3 Å². The topological polar surface area (TPSA) is 85.0 Å². The second-order valence-corrected chi connectivity index (χ2v) is 8.18. The van der Waals surface area contributed by atoms with E-state index in [0.29, 0.717) is 34.6 Å². The summed E-state index contributed by atoms with van der Waals surface area (Å²) in [4.78, 5) is 18.2. The molecule has 10 heteroatoms. The zero-order valence-corrected chi connectivity index (χ0v) is 16.1. The molecule has 0 atom stereocenters. The maximum absolute atomic E-state index is 13.0. The van der Waals surface area contributed by atoms with Gasteiger partial charge in [0.05, 0.1) is 5.75 Å². The average molecular weight is 405 g/mol. The van der Waals surface area contributed by atoms with Crippen LogP contribution in [0, 0.1) is 5.82 Å². The van der Waals surface area contributed by atoms with Crippen LogP contribution < -0.4 is 4.90 Å². The van der Waals surface area contributed by atoms with E-state index in [-0.39, 0.29) is 17.8 Å². The third-order valence-electron chi connectivity index (χ3n) is 3.97. The fourth-order valence-corrected chi connectivity index (χ4v) is 4.25. The lowest BCUT2D eigenvalue weighted by Crippen LogP contribution is -2.32. The van der Waals surface area contributed by atoms with Gasteiger partial charge in [-0.05, 0) is 37.1 Å². The Morgan fingerprint density at radius 1 is 1.33 bits per heavy atom. The number of thioether (sulfide) groups is 1. The average Bonchev–Trinajstić information content (AvgIpc) is 3.20. The normalized spacial score (nSPS) is 13.7. The minimum atomic E-state index is -0.313. The van der Waals surface area contributed by atoms with Crippen LogP contribution in [0.5, 0.6) is 0 Å². The zero-order valence-electron chi connectivity index (χ0n) is 14.5. The monoisotopic (exact) mass is 405 g/mol. The number of hydrogen-bond acceptors (Lipinski definition) is 8. The van der Waals surface area contributed by atoms with E-state index in [0.717, 1.165) is 17.2 Å². The molecule has 1 aromatic carbocycles. The summed E-state index contributed by atoms with van der Waals surface area (Å²) in [6.45, 7) is 1.85. The number of anilines is 1. The van der Waals surface area contributed by atoms with E-state index < -0.39 is 0 Å². The van der Waals surface area contributed by atoms with E-state index in [4.69, 9.17) is 4.52 Å². The van der Waals surface area contributed by atoms with Crippen molar-refractivity contribution in [2.75, 3.05) is 4.90 Å². The second kappa shape index (κ2) is 7.73. The van der Waals surface area contributed by atoms with Crippen molar-refractivity contribution in [2.24, 2.45) is 0 Å². The molecule has 4 rings (SSSR count). The van der Waals surface area contributed by atoms with Crippen molar-refractivity contribution in [3.05, 3.63) is 36.0 Å². The molecule has 0 spiro atoms. The third kappa shape index (κ3) is 4.16. The van der Waals surface area contributed by atoms with Crippen molar-refractivity contribution in [3.63, 3.8) is 0 Å². The maximum Gasteiger partial charge on any atom is 0.237 e. The lowest BCUT2D eigenvalue weighted by atomic mass is 10.2. The fourth-order valence-electron chi connectivity index (χ4n) is 2.48. The summed E-state index contributed by atoms with van der Waals surface area (Å²) >= 11 is 2.82. The van der Waals surface area contributed by atoms with Gasteiger partial charge >= 0.3 is 0 Å². The number of nitrogens with zero attached hydrogens (tertiary/aromatic N) is 5. The van der Waals surface area contributed by atoms with Gasteiger partial charge in [-0.15, -0.1) is 10.2 Å². The standard InChI is InChI=1S/C17H16FN5O2S2/c1-2-14(24)23(12-7-8-12)16-20-21-17(27-16)26-9-13-19-15(22-25-13)10-3-5-11(18)6-4-10/h3-6,12H,2,7-9H2,1H3. The molecule has 1 amide bonds. The molecule has 0 radical (unpaired) electrons. The molecule has 0 bridgehead atoms. The van der Waals surface area contributed by atoms with Crippen molar-refractivity contribution in [1.82, 2.24) is 20.3 Å². The molecule has 0 N–H and O–H groups in total. The minimum absolute atomic E-state index is 0.0750. The number of benzene rings is 1. The lowest BCUT2D eigenvalue weighted by Gasteiger charge is -2.17. The van der Waals surface area contributed by atoms with Crippen LogP contribution in [0.3, 0.4) is 0 Å². The molecule has 0 unspecified atom stereocenters. The number of hydrogen-bond donors (Lipinski definition) is 0. The van der Waals surface area contributed by atoms with Crippen LogP contribution in [0.15, 0.2) is 33.1 Å². The molecule has 1 aliphatic rings. The van der Waals surface area contributed by atoms with E-state index in [2.05, 4.69) is 20.3 Å². The Morgan fingerprint density at radius 3 is 2.81 bits per heavy atom. The van der Waals surface area contributed by atoms with E-state index in [1.54, 1.807) is 17.0 Å². The minimum Gasteiger partial charge on any atom is -0.338 e. The Hall–Kier alpha value is -2.33. The Balaban J connectivity index is 1.40. The molecule has 1 aliphatic carbocycles. The zero-order chi connectivity index (χ0) is 18.8. The van der Waals surface area contributed by atoms with Crippen molar-refractivity contribution < 1.29 is 13.7 Å². The number of halogens is 1. The Kier molecular flexibility index (Phi) is 5.17. The summed E-state index contributed by atoms with van der Waals surface area (Å²) in [5.41, 5.74) is 0.688. The smallest absolute Gasteiger partial charge is 0.237 e. The van der Waals surface area contributed by atoms with Crippen LogP contribution in [0.25, 0.3) is 11.4 Å². The van der Waals surface area contributed by atoms with Gasteiger partial charge in [0.25, 0.3) is 0 Å². The highest BCUT2D eigenvalue weighted by Gasteiger charge is 2.35. The first-order chi connectivity index (χ1) is 13.1. The van der Waals surface area contributed by atoms with Gasteiger partial charge in [-0.3, -0.25) is 9.69 Å². The van der Waals surface area contributed by atoms with Crippen molar-refractivity contribution >= 4 is 34.1 Å². The number of amides is 1. The Bertz CT molecular complexity index is 939. The SMILES string of the molecule is CCC(=O)N(c1nnc(SCc2nc(-c3ccc(F)cc3)no2)s1)C1CC1. The van der Waals surface area contributed by atoms with Gasteiger partial charge in [0.2, 0.25) is 22.8 Å². The summed E-state index contributed by atoms with van der Waals surface area (Å²) in [5, 5.41) is 12.9. The molecule has 1 saturated carbocycles. The third-order valence-corrected chi connectivity index (χ3v) is 6.02. The van der Waals surface area contributed by atoms with Gasteiger partial charge in [-0.2, -0.15) is 4.98 Å². The van der Waals surface area contributed by atoms with Crippen LogP contribution in [0.2, 0.25) is 0 Å². The van der Waals surface area contributed by atoms with E-state index in [1.807, 2.05) is 6.92 Å². The highest BCUT2D eigenvalue weighted by molar-refractivity contribution is 8.00. The maximum atomic E-state index is 13.0. The number of carbonyl (C=O) groups excluding carboxylic acids is 1. The summed E-state index contributed by atoms with van der Waals surface area (Å²) in [6.07, 6.45) is 2.48.